The molecular weight excluding hydrogens is 286 g/mol. The third kappa shape index (κ3) is 4.19. The lowest BCUT2D eigenvalue weighted by Crippen LogP contribution is -2.49. The summed E-state index contributed by atoms with van der Waals surface area (Å²) in [4.78, 5) is 16.3. The molecule has 1 unspecified atom stereocenters. The van der Waals surface area contributed by atoms with E-state index in [4.69, 9.17) is 17.3 Å². The van der Waals surface area contributed by atoms with Crippen LogP contribution in [0.1, 0.15) is 31.4 Å². The predicted octanol–water partition coefficient (Wildman–Crippen LogP) is 2.28. The van der Waals surface area contributed by atoms with Crippen molar-refractivity contribution in [3.05, 3.63) is 34.9 Å². The summed E-state index contributed by atoms with van der Waals surface area (Å²) in [6, 6.07) is 8.25. The van der Waals surface area contributed by atoms with Crippen molar-refractivity contribution in [2.45, 2.75) is 25.8 Å². The maximum atomic E-state index is 12.0. The molecule has 0 radical (unpaired) electrons. The van der Waals surface area contributed by atoms with E-state index in [-0.39, 0.29) is 11.9 Å². The van der Waals surface area contributed by atoms with Crippen molar-refractivity contribution in [3.63, 3.8) is 0 Å². The fourth-order valence-corrected chi connectivity index (χ4v) is 3.07. The van der Waals surface area contributed by atoms with Gasteiger partial charge in [0.05, 0.1) is 0 Å². The van der Waals surface area contributed by atoms with Gasteiger partial charge in [-0.25, -0.2) is 0 Å². The molecule has 0 spiro atoms. The molecule has 1 heterocycles. The Hall–Kier alpha value is -1.10. The highest BCUT2D eigenvalue weighted by atomic mass is 35.5. The molecule has 0 bridgehead atoms. The molecular formula is C16H24ClN3O. The van der Waals surface area contributed by atoms with E-state index < -0.39 is 0 Å². The highest BCUT2D eigenvalue weighted by Gasteiger charge is 2.25. The molecule has 1 aromatic carbocycles. The number of piperazine rings is 1. The zero-order chi connectivity index (χ0) is 15.2. The fourth-order valence-electron chi connectivity index (χ4n) is 2.78. The van der Waals surface area contributed by atoms with Gasteiger partial charge in [0.1, 0.15) is 0 Å². The Kier molecular flexibility index (Phi) is 6.03. The molecule has 1 atom stereocenters. The van der Waals surface area contributed by atoms with Crippen LogP contribution in [0.5, 0.6) is 0 Å². The molecule has 1 saturated heterocycles. The lowest BCUT2D eigenvalue weighted by atomic mass is 10.1. The molecule has 2 rings (SSSR count). The molecule has 1 aromatic rings. The van der Waals surface area contributed by atoms with E-state index in [1.54, 1.807) is 0 Å². The largest absolute Gasteiger partial charge is 0.340 e. The highest BCUT2D eigenvalue weighted by molar-refractivity contribution is 6.31. The van der Waals surface area contributed by atoms with Gasteiger partial charge in [0, 0.05) is 43.7 Å². The number of halogens is 1. The number of carbonyl (C=O) groups is 1. The van der Waals surface area contributed by atoms with Gasteiger partial charge in [-0.15, -0.1) is 0 Å². The van der Waals surface area contributed by atoms with Gasteiger partial charge in [0.2, 0.25) is 5.91 Å². The van der Waals surface area contributed by atoms with Crippen LogP contribution in [0.15, 0.2) is 24.3 Å². The standard InChI is InChI=1S/C16H24ClN3O/c1-13(14-5-2-3-6-15(14)17)19-9-11-20(12-10-19)16(21)7-4-8-18/h2-3,5-6,13H,4,7-12,18H2,1H3. The zero-order valence-corrected chi connectivity index (χ0v) is 13.4. The average Bonchev–Trinajstić information content (AvgIpc) is 2.52. The zero-order valence-electron chi connectivity index (χ0n) is 12.6. The van der Waals surface area contributed by atoms with Crippen molar-refractivity contribution in [3.8, 4) is 0 Å². The molecule has 1 aliphatic heterocycles. The summed E-state index contributed by atoms with van der Waals surface area (Å²) in [5.41, 5.74) is 6.61. The normalized spacial score (nSPS) is 17.8. The third-order valence-corrected chi connectivity index (χ3v) is 4.51. The van der Waals surface area contributed by atoms with Crippen molar-refractivity contribution in [1.82, 2.24) is 9.80 Å². The van der Waals surface area contributed by atoms with E-state index in [0.29, 0.717) is 13.0 Å². The lowest BCUT2D eigenvalue weighted by molar-refractivity contribution is -0.133. The van der Waals surface area contributed by atoms with Crippen molar-refractivity contribution in [1.29, 1.82) is 0 Å². The molecule has 116 valence electrons. The summed E-state index contributed by atoms with van der Waals surface area (Å²) < 4.78 is 0. The van der Waals surface area contributed by atoms with E-state index in [2.05, 4.69) is 17.9 Å². The first-order chi connectivity index (χ1) is 10.1. The van der Waals surface area contributed by atoms with Gasteiger partial charge in [0.25, 0.3) is 0 Å². The van der Waals surface area contributed by atoms with E-state index >= 15 is 0 Å². The quantitative estimate of drug-likeness (QED) is 0.908. The Balaban J connectivity index is 1.89. The van der Waals surface area contributed by atoms with E-state index in [1.165, 1.54) is 0 Å². The van der Waals surface area contributed by atoms with Crippen LogP contribution < -0.4 is 5.73 Å². The molecule has 1 aliphatic rings. The molecule has 1 fully saturated rings. The Labute approximate surface area is 131 Å². The molecule has 5 heteroatoms. The Bertz CT molecular complexity index is 472. The second-order valence-corrected chi connectivity index (χ2v) is 5.91. The first-order valence-corrected chi connectivity index (χ1v) is 7.97. The fraction of sp³-hybridized carbons (Fsp3) is 0.562. The van der Waals surface area contributed by atoms with Gasteiger partial charge in [-0.2, -0.15) is 0 Å². The van der Waals surface area contributed by atoms with Crippen molar-refractivity contribution >= 4 is 17.5 Å². The van der Waals surface area contributed by atoms with Crippen LogP contribution >= 0.6 is 11.6 Å². The first-order valence-electron chi connectivity index (χ1n) is 7.60. The van der Waals surface area contributed by atoms with Crippen LogP contribution in [0.4, 0.5) is 0 Å². The Morgan fingerprint density at radius 3 is 2.57 bits per heavy atom. The summed E-state index contributed by atoms with van der Waals surface area (Å²) in [7, 11) is 0. The molecule has 1 amide bonds. The molecule has 0 saturated carbocycles. The van der Waals surface area contributed by atoms with Crippen molar-refractivity contribution < 1.29 is 4.79 Å². The number of nitrogens with two attached hydrogens (primary N) is 1. The van der Waals surface area contributed by atoms with Crippen LogP contribution in [0.3, 0.4) is 0 Å². The second kappa shape index (κ2) is 7.78. The number of benzene rings is 1. The minimum absolute atomic E-state index is 0.227. The molecule has 0 aliphatic carbocycles. The number of rotatable bonds is 5. The molecule has 2 N–H and O–H groups in total. The SMILES string of the molecule is CC(c1ccccc1Cl)N1CCN(C(=O)CCCN)CC1. The Morgan fingerprint density at radius 1 is 1.29 bits per heavy atom. The summed E-state index contributed by atoms with van der Waals surface area (Å²) >= 11 is 6.27. The predicted molar refractivity (Wildman–Crippen MR) is 86.3 cm³/mol. The lowest BCUT2D eigenvalue weighted by Gasteiger charge is -2.38. The van der Waals surface area contributed by atoms with Crippen LogP contribution in [-0.2, 0) is 4.79 Å². The van der Waals surface area contributed by atoms with Crippen LogP contribution in [0.2, 0.25) is 5.02 Å². The summed E-state index contributed by atoms with van der Waals surface area (Å²) in [6.45, 7) is 6.11. The maximum absolute atomic E-state index is 12.0. The number of nitrogens with zero attached hydrogens (tertiary/aromatic N) is 2. The van der Waals surface area contributed by atoms with Crippen LogP contribution in [0, 0.1) is 0 Å². The van der Waals surface area contributed by atoms with E-state index in [1.807, 2.05) is 23.1 Å². The minimum Gasteiger partial charge on any atom is -0.340 e. The van der Waals surface area contributed by atoms with Gasteiger partial charge in [-0.05, 0) is 31.5 Å². The maximum Gasteiger partial charge on any atom is 0.222 e. The number of carbonyl (C=O) groups excluding carboxylic acids is 1. The third-order valence-electron chi connectivity index (χ3n) is 4.16. The first kappa shape index (κ1) is 16.3. The number of hydrogen-bond donors (Lipinski definition) is 1. The molecule has 4 nitrogen and oxygen atoms in total. The summed E-state index contributed by atoms with van der Waals surface area (Å²) in [5.74, 6) is 0.227. The minimum atomic E-state index is 0.227. The topological polar surface area (TPSA) is 49.6 Å². The van der Waals surface area contributed by atoms with Crippen LogP contribution in [0.25, 0.3) is 0 Å². The van der Waals surface area contributed by atoms with Gasteiger partial charge in [-0.3, -0.25) is 9.69 Å². The van der Waals surface area contributed by atoms with Crippen molar-refractivity contribution in [2.75, 3.05) is 32.7 Å². The van der Waals surface area contributed by atoms with E-state index in [9.17, 15) is 4.79 Å². The smallest absolute Gasteiger partial charge is 0.222 e. The van der Waals surface area contributed by atoms with Gasteiger partial charge < -0.3 is 10.6 Å². The number of hydrogen-bond acceptors (Lipinski definition) is 3. The molecule has 21 heavy (non-hydrogen) atoms. The van der Waals surface area contributed by atoms with E-state index in [0.717, 1.165) is 43.2 Å². The number of amides is 1. The highest BCUT2D eigenvalue weighted by Crippen LogP contribution is 2.27. The van der Waals surface area contributed by atoms with Gasteiger partial charge in [0.15, 0.2) is 0 Å². The Morgan fingerprint density at radius 2 is 1.95 bits per heavy atom. The average molecular weight is 310 g/mol. The summed E-state index contributed by atoms with van der Waals surface area (Å²) in [6.07, 6.45) is 1.34. The second-order valence-electron chi connectivity index (χ2n) is 5.51. The van der Waals surface area contributed by atoms with Gasteiger partial charge >= 0.3 is 0 Å². The monoisotopic (exact) mass is 309 g/mol. The van der Waals surface area contributed by atoms with Crippen molar-refractivity contribution in [2.24, 2.45) is 5.73 Å². The molecule has 0 aromatic heterocycles. The van der Waals surface area contributed by atoms with Gasteiger partial charge in [-0.1, -0.05) is 29.8 Å². The van der Waals surface area contributed by atoms with Crippen LogP contribution in [-0.4, -0.2) is 48.4 Å². The summed E-state index contributed by atoms with van der Waals surface area (Å²) in [5, 5.41) is 0.812.